The van der Waals surface area contributed by atoms with Crippen LogP contribution < -0.4 is 5.32 Å². The second kappa shape index (κ2) is 6.95. The van der Waals surface area contributed by atoms with Crippen molar-refractivity contribution in [3.63, 3.8) is 0 Å². The Balaban J connectivity index is 1.51. The van der Waals surface area contributed by atoms with Crippen LogP contribution in [0.5, 0.6) is 0 Å². The number of rotatable bonds is 6. The summed E-state index contributed by atoms with van der Waals surface area (Å²) >= 11 is 0. The molecule has 0 fully saturated rings. The Bertz CT molecular complexity index is 1020. The first-order valence-corrected chi connectivity index (χ1v) is 8.77. The highest BCUT2D eigenvalue weighted by molar-refractivity contribution is 5.77. The van der Waals surface area contributed by atoms with E-state index in [-0.39, 0.29) is 0 Å². The van der Waals surface area contributed by atoms with E-state index in [1.54, 1.807) is 0 Å². The van der Waals surface area contributed by atoms with Crippen LogP contribution in [0.4, 0.5) is 5.95 Å². The van der Waals surface area contributed by atoms with Crippen molar-refractivity contribution < 1.29 is 0 Å². The molecule has 3 aromatic heterocycles. The monoisotopic (exact) mass is 347 g/mol. The molecule has 0 unspecified atom stereocenters. The van der Waals surface area contributed by atoms with Crippen LogP contribution in [0.1, 0.15) is 24.7 Å². The SMILES string of the molecule is CCCc1nn(C)c2cnc(NCc3ccn(-c4ccccc4)n3)nc12. The fraction of sp³-hybridized carbons (Fsp3) is 0.263. The lowest BCUT2D eigenvalue weighted by molar-refractivity contribution is 0.752. The van der Waals surface area contributed by atoms with E-state index in [0.717, 1.165) is 41.0 Å². The van der Waals surface area contributed by atoms with E-state index >= 15 is 0 Å². The van der Waals surface area contributed by atoms with Gasteiger partial charge < -0.3 is 5.32 Å². The van der Waals surface area contributed by atoms with Crippen LogP contribution in [0.2, 0.25) is 0 Å². The van der Waals surface area contributed by atoms with Crippen LogP contribution >= 0.6 is 0 Å². The molecule has 0 aliphatic heterocycles. The van der Waals surface area contributed by atoms with E-state index in [9.17, 15) is 0 Å². The lowest BCUT2D eigenvalue weighted by atomic mass is 10.2. The third-order valence-electron chi connectivity index (χ3n) is 4.24. The Morgan fingerprint density at radius 2 is 1.92 bits per heavy atom. The Hall–Kier alpha value is -3.22. The highest BCUT2D eigenvalue weighted by atomic mass is 15.3. The molecule has 132 valence electrons. The van der Waals surface area contributed by atoms with E-state index in [0.29, 0.717) is 12.5 Å². The van der Waals surface area contributed by atoms with Crippen LogP contribution in [0.15, 0.2) is 48.8 Å². The van der Waals surface area contributed by atoms with Crippen LogP contribution in [0.3, 0.4) is 0 Å². The van der Waals surface area contributed by atoms with Gasteiger partial charge in [-0.05, 0) is 24.6 Å². The first kappa shape index (κ1) is 16.3. The van der Waals surface area contributed by atoms with Gasteiger partial charge >= 0.3 is 0 Å². The number of anilines is 1. The van der Waals surface area contributed by atoms with E-state index < -0.39 is 0 Å². The number of benzene rings is 1. The molecule has 7 nitrogen and oxygen atoms in total. The molecule has 3 heterocycles. The molecule has 0 atom stereocenters. The third-order valence-corrected chi connectivity index (χ3v) is 4.24. The Kier molecular flexibility index (Phi) is 4.35. The number of aryl methyl sites for hydroxylation is 2. The van der Waals surface area contributed by atoms with Crippen molar-refractivity contribution in [1.29, 1.82) is 0 Å². The standard InChI is InChI=1S/C19H21N7/c1-3-7-16-18-17(25(2)24-16)13-21-19(22-18)20-12-14-10-11-26(23-14)15-8-5-4-6-9-15/h4-6,8-11,13H,3,7,12H2,1-2H3,(H,20,21,22). The maximum Gasteiger partial charge on any atom is 0.223 e. The van der Waals surface area contributed by atoms with Gasteiger partial charge in [0.2, 0.25) is 5.95 Å². The fourth-order valence-electron chi connectivity index (χ4n) is 2.95. The number of aromatic nitrogens is 6. The minimum atomic E-state index is 0.564. The smallest absolute Gasteiger partial charge is 0.223 e. The summed E-state index contributed by atoms with van der Waals surface area (Å²) < 4.78 is 3.70. The average Bonchev–Trinajstić information content (AvgIpc) is 3.26. The summed E-state index contributed by atoms with van der Waals surface area (Å²) in [4.78, 5) is 9.06. The summed E-state index contributed by atoms with van der Waals surface area (Å²) in [6.45, 7) is 2.71. The quantitative estimate of drug-likeness (QED) is 0.580. The van der Waals surface area contributed by atoms with Gasteiger partial charge in [0.15, 0.2) is 0 Å². The number of fused-ring (bicyclic) bond motifs is 1. The highest BCUT2D eigenvalue weighted by Crippen LogP contribution is 2.18. The van der Waals surface area contributed by atoms with E-state index in [1.807, 2.05) is 65.2 Å². The molecule has 26 heavy (non-hydrogen) atoms. The Labute approximate surface area is 151 Å². The zero-order chi connectivity index (χ0) is 17.9. The van der Waals surface area contributed by atoms with Gasteiger partial charge in [0.05, 0.1) is 29.8 Å². The van der Waals surface area contributed by atoms with Gasteiger partial charge in [-0.3, -0.25) is 4.68 Å². The topological polar surface area (TPSA) is 73.5 Å². The molecule has 0 aliphatic carbocycles. The predicted octanol–water partition coefficient (Wildman–Crippen LogP) is 3.11. The van der Waals surface area contributed by atoms with E-state index in [1.165, 1.54) is 0 Å². The molecule has 4 rings (SSSR count). The average molecular weight is 347 g/mol. The third kappa shape index (κ3) is 3.15. The van der Waals surface area contributed by atoms with Crippen molar-refractivity contribution in [2.45, 2.75) is 26.3 Å². The second-order valence-corrected chi connectivity index (χ2v) is 6.19. The van der Waals surface area contributed by atoms with Crippen molar-refractivity contribution in [2.24, 2.45) is 7.05 Å². The number of nitrogens with zero attached hydrogens (tertiary/aromatic N) is 6. The summed E-state index contributed by atoms with van der Waals surface area (Å²) in [5.41, 5.74) is 4.85. The van der Waals surface area contributed by atoms with Crippen molar-refractivity contribution in [3.8, 4) is 5.69 Å². The largest absolute Gasteiger partial charge is 0.348 e. The lowest BCUT2D eigenvalue weighted by Crippen LogP contribution is -2.05. The number of nitrogens with one attached hydrogen (secondary N) is 1. The van der Waals surface area contributed by atoms with Gasteiger partial charge in [0.1, 0.15) is 11.0 Å². The first-order valence-electron chi connectivity index (χ1n) is 8.77. The zero-order valence-corrected chi connectivity index (χ0v) is 14.9. The molecule has 0 aliphatic rings. The molecular formula is C19H21N7. The van der Waals surface area contributed by atoms with Crippen molar-refractivity contribution in [3.05, 3.63) is 60.2 Å². The van der Waals surface area contributed by atoms with Crippen molar-refractivity contribution in [2.75, 3.05) is 5.32 Å². The van der Waals surface area contributed by atoms with Crippen LogP contribution in [-0.4, -0.2) is 29.5 Å². The minimum Gasteiger partial charge on any atom is -0.348 e. The minimum absolute atomic E-state index is 0.564. The van der Waals surface area contributed by atoms with Gasteiger partial charge in [-0.15, -0.1) is 0 Å². The van der Waals surface area contributed by atoms with Crippen LogP contribution in [-0.2, 0) is 20.0 Å². The van der Waals surface area contributed by atoms with E-state index in [4.69, 9.17) is 0 Å². The molecule has 0 spiro atoms. The summed E-state index contributed by atoms with van der Waals surface area (Å²) in [7, 11) is 1.92. The van der Waals surface area contributed by atoms with Crippen molar-refractivity contribution in [1.82, 2.24) is 29.5 Å². The van der Waals surface area contributed by atoms with Crippen molar-refractivity contribution >= 4 is 17.0 Å². The summed E-state index contributed by atoms with van der Waals surface area (Å²) in [6.07, 6.45) is 5.72. The maximum absolute atomic E-state index is 4.65. The first-order chi connectivity index (χ1) is 12.7. The van der Waals surface area contributed by atoms with Crippen LogP contribution in [0.25, 0.3) is 16.7 Å². The number of hydrogen-bond donors (Lipinski definition) is 1. The molecule has 7 heteroatoms. The molecular weight excluding hydrogens is 326 g/mol. The molecule has 0 saturated carbocycles. The normalized spacial score (nSPS) is 11.2. The Morgan fingerprint density at radius 3 is 2.73 bits per heavy atom. The number of para-hydroxylation sites is 1. The van der Waals surface area contributed by atoms with Gasteiger partial charge in [0.25, 0.3) is 0 Å². The molecule has 0 bridgehead atoms. The summed E-state index contributed by atoms with van der Waals surface area (Å²) in [5, 5.41) is 12.4. The molecule has 0 amide bonds. The molecule has 0 saturated heterocycles. The fourth-order valence-corrected chi connectivity index (χ4v) is 2.95. The Morgan fingerprint density at radius 1 is 1.08 bits per heavy atom. The maximum atomic E-state index is 4.65. The predicted molar refractivity (Wildman–Crippen MR) is 101 cm³/mol. The molecule has 1 aromatic carbocycles. The summed E-state index contributed by atoms with van der Waals surface area (Å²) in [5.74, 6) is 0.595. The molecule has 4 aromatic rings. The van der Waals surface area contributed by atoms with E-state index in [2.05, 4.69) is 32.4 Å². The lowest BCUT2D eigenvalue weighted by Gasteiger charge is -2.03. The molecule has 0 radical (unpaired) electrons. The van der Waals surface area contributed by atoms with Gasteiger partial charge in [-0.1, -0.05) is 31.5 Å². The summed E-state index contributed by atoms with van der Waals surface area (Å²) in [6, 6.07) is 12.0. The highest BCUT2D eigenvalue weighted by Gasteiger charge is 2.11. The molecule has 1 N–H and O–H groups in total. The zero-order valence-electron chi connectivity index (χ0n) is 14.9. The van der Waals surface area contributed by atoms with Gasteiger partial charge in [-0.2, -0.15) is 10.2 Å². The van der Waals surface area contributed by atoms with Crippen LogP contribution in [0, 0.1) is 0 Å². The second-order valence-electron chi connectivity index (χ2n) is 6.19. The van der Waals surface area contributed by atoms with Gasteiger partial charge in [0, 0.05) is 13.2 Å². The number of hydrogen-bond acceptors (Lipinski definition) is 5. The van der Waals surface area contributed by atoms with Gasteiger partial charge in [-0.25, -0.2) is 14.6 Å².